The van der Waals surface area contributed by atoms with Crippen molar-refractivity contribution in [3.05, 3.63) is 17.0 Å². The molecule has 0 aliphatic carbocycles. The first-order chi connectivity index (χ1) is 8.34. The van der Waals surface area contributed by atoms with Gasteiger partial charge >= 0.3 is 6.18 Å². The molecule has 0 amide bonds. The van der Waals surface area contributed by atoms with E-state index >= 15 is 0 Å². The minimum Gasteiger partial charge on any atom is -0.324 e. The largest absolute Gasteiger partial charge is 0.408 e. The first kappa shape index (κ1) is 15.0. The van der Waals surface area contributed by atoms with Gasteiger partial charge in [-0.1, -0.05) is 20.8 Å². The summed E-state index contributed by atoms with van der Waals surface area (Å²) >= 11 is 0. The Kier molecular flexibility index (Phi) is 4.78. The third kappa shape index (κ3) is 3.25. The summed E-state index contributed by atoms with van der Waals surface area (Å²) in [5.74, 6) is 0. The minimum absolute atomic E-state index is 0.239. The second kappa shape index (κ2) is 5.73. The van der Waals surface area contributed by atoms with Crippen LogP contribution in [0.1, 0.15) is 50.2 Å². The van der Waals surface area contributed by atoms with Crippen LogP contribution in [0.4, 0.5) is 13.2 Å². The highest BCUT2D eigenvalue weighted by Crippen LogP contribution is 2.27. The summed E-state index contributed by atoms with van der Waals surface area (Å²) in [6, 6.07) is -0.239. The molecule has 0 aromatic carbocycles. The third-order valence-electron chi connectivity index (χ3n) is 2.98. The fourth-order valence-electron chi connectivity index (χ4n) is 2.13. The first-order valence-electron chi connectivity index (χ1n) is 6.24. The Morgan fingerprint density at radius 2 is 1.83 bits per heavy atom. The molecule has 0 saturated heterocycles. The molecule has 6 heteroatoms. The average molecular weight is 263 g/mol. The van der Waals surface area contributed by atoms with Crippen molar-refractivity contribution in [1.29, 1.82) is 0 Å². The smallest absolute Gasteiger partial charge is 0.324 e. The molecule has 1 aromatic heterocycles. The van der Waals surface area contributed by atoms with Gasteiger partial charge in [0.2, 0.25) is 0 Å². The maximum atomic E-state index is 12.5. The average Bonchev–Trinajstić information content (AvgIpc) is 2.63. The van der Waals surface area contributed by atoms with E-state index in [0.717, 1.165) is 10.2 Å². The van der Waals surface area contributed by atoms with Crippen molar-refractivity contribution in [3.63, 3.8) is 0 Å². The SMILES string of the molecule is CCc1nn(CC(F)(F)F)c(CC)c1C(N)CC. The van der Waals surface area contributed by atoms with E-state index in [9.17, 15) is 13.2 Å². The number of aromatic nitrogens is 2. The standard InChI is InChI=1S/C12H20F3N3/c1-4-8(16)11-9(5-2)17-18(10(11)6-3)7-12(13,14)15/h8H,4-7,16H2,1-3H3. The highest BCUT2D eigenvalue weighted by atomic mass is 19.4. The zero-order valence-electron chi connectivity index (χ0n) is 11.0. The molecule has 0 spiro atoms. The Bertz CT molecular complexity index is 396. The van der Waals surface area contributed by atoms with Crippen LogP contribution in [0.3, 0.4) is 0 Å². The lowest BCUT2D eigenvalue weighted by molar-refractivity contribution is -0.143. The Balaban J connectivity index is 3.24. The molecule has 0 aliphatic heterocycles. The van der Waals surface area contributed by atoms with E-state index in [1.165, 1.54) is 0 Å². The number of halogens is 3. The molecule has 1 aromatic rings. The van der Waals surface area contributed by atoms with Gasteiger partial charge in [-0.15, -0.1) is 0 Å². The number of aryl methyl sites for hydroxylation is 1. The van der Waals surface area contributed by atoms with E-state index in [1.54, 1.807) is 0 Å². The molecular weight excluding hydrogens is 243 g/mol. The number of rotatable bonds is 5. The zero-order chi connectivity index (χ0) is 13.9. The van der Waals surface area contributed by atoms with Crippen molar-refractivity contribution in [2.75, 3.05) is 0 Å². The Labute approximate surface area is 105 Å². The summed E-state index contributed by atoms with van der Waals surface area (Å²) in [5, 5.41) is 4.07. The summed E-state index contributed by atoms with van der Waals surface area (Å²) < 4.78 is 38.5. The van der Waals surface area contributed by atoms with Crippen LogP contribution in [0.2, 0.25) is 0 Å². The predicted molar refractivity (Wildman–Crippen MR) is 64.3 cm³/mol. The maximum Gasteiger partial charge on any atom is 0.408 e. The van der Waals surface area contributed by atoms with Gasteiger partial charge in [0.05, 0.1) is 5.69 Å². The fraction of sp³-hybridized carbons (Fsp3) is 0.750. The Morgan fingerprint density at radius 3 is 2.22 bits per heavy atom. The molecule has 3 nitrogen and oxygen atoms in total. The monoisotopic (exact) mass is 263 g/mol. The van der Waals surface area contributed by atoms with E-state index in [1.807, 2.05) is 20.8 Å². The van der Waals surface area contributed by atoms with Gasteiger partial charge < -0.3 is 5.73 Å². The third-order valence-corrected chi connectivity index (χ3v) is 2.98. The van der Waals surface area contributed by atoms with Crippen LogP contribution in [-0.2, 0) is 19.4 Å². The van der Waals surface area contributed by atoms with Crippen LogP contribution in [0.5, 0.6) is 0 Å². The minimum atomic E-state index is -4.26. The molecule has 1 rings (SSSR count). The summed E-state index contributed by atoms with van der Waals surface area (Å²) in [6.45, 7) is 4.59. The lowest BCUT2D eigenvalue weighted by Gasteiger charge is -2.13. The second-order valence-corrected chi connectivity index (χ2v) is 4.30. The molecular formula is C12H20F3N3. The second-order valence-electron chi connectivity index (χ2n) is 4.30. The summed E-state index contributed by atoms with van der Waals surface area (Å²) in [6.07, 6.45) is -2.46. The number of hydrogen-bond acceptors (Lipinski definition) is 2. The van der Waals surface area contributed by atoms with Crippen LogP contribution in [-0.4, -0.2) is 16.0 Å². The Hall–Kier alpha value is -1.04. The molecule has 1 unspecified atom stereocenters. The van der Waals surface area contributed by atoms with Gasteiger partial charge in [0.25, 0.3) is 0 Å². The number of alkyl halides is 3. The van der Waals surface area contributed by atoms with Crippen LogP contribution in [0.25, 0.3) is 0 Å². The molecule has 104 valence electrons. The van der Waals surface area contributed by atoms with Crippen molar-refractivity contribution in [3.8, 4) is 0 Å². The topological polar surface area (TPSA) is 43.8 Å². The normalized spacial score (nSPS) is 13.9. The van der Waals surface area contributed by atoms with Gasteiger partial charge in [-0.05, 0) is 19.3 Å². The molecule has 0 radical (unpaired) electrons. The van der Waals surface area contributed by atoms with E-state index in [4.69, 9.17) is 5.73 Å². The van der Waals surface area contributed by atoms with E-state index in [2.05, 4.69) is 5.10 Å². The van der Waals surface area contributed by atoms with Gasteiger partial charge in [0.1, 0.15) is 6.54 Å². The lowest BCUT2D eigenvalue weighted by atomic mass is 10.00. The molecule has 1 heterocycles. The van der Waals surface area contributed by atoms with Gasteiger partial charge in [0, 0.05) is 17.3 Å². The van der Waals surface area contributed by atoms with E-state index < -0.39 is 12.7 Å². The van der Waals surface area contributed by atoms with Crippen molar-refractivity contribution in [2.24, 2.45) is 5.73 Å². The van der Waals surface area contributed by atoms with Crippen molar-refractivity contribution in [2.45, 2.75) is 58.8 Å². The molecule has 18 heavy (non-hydrogen) atoms. The number of nitrogens with two attached hydrogens (primary N) is 1. The van der Waals surface area contributed by atoms with Gasteiger partial charge in [0.15, 0.2) is 0 Å². The molecule has 0 aliphatic rings. The predicted octanol–water partition coefficient (Wildman–Crippen LogP) is 2.98. The first-order valence-corrected chi connectivity index (χ1v) is 6.24. The highest BCUT2D eigenvalue weighted by molar-refractivity contribution is 5.30. The number of nitrogens with zero attached hydrogens (tertiary/aromatic N) is 2. The highest BCUT2D eigenvalue weighted by Gasteiger charge is 2.31. The van der Waals surface area contributed by atoms with E-state index in [0.29, 0.717) is 30.7 Å². The van der Waals surface area contributed by atoms with Gasteiger partial charge in [-0.25, -0.2) is 0 Å². The van der Waals surface area contributed by atoms with Crippen LogP contribution < -0.4 is 5.73 Å². The summed E-state index contributed by atoms with van der Waals surface area (Å²) in [4.78, 5) is 0. The molecule has 0 saturated carbocycles. The summed E-state index contributed by atoms with van der Waals surface area (Å²) in [5.41, 5.74) is 8.08. The fourth-order valence-corrected chi connectivity index (χ4v) is 2.13. The molecule has 0 fully saturated rings. The van der Waals surface area contributed by atoms with Crippen molar-refractivity contribution in [1.82, 2.24) is 9.78 Å². The van der Waals surface area contributed by atoms with Crippen molar-refractivity contribution < 1.29 is 13.2 Å². The molecule has 1 atom stereocenters. The van der Waals surface area contributed by atoms with Crippen LogP contribution in [0.15, 0.2) is 0 Å². The molecule has 0 bridgehead atoms. The Morgan fingerprint density at radius 1 is 1.22 bits per heavy atom. The molecule has 2 N–H and O–H groups in total. The quantitative estimate of drug-likeness (QED) is 0.887. The lowest BCUT2D eigenvalue weighted by Crippen LogP contribution is -2.21. The van der Waals surface area contributed by atoms with E-state index in [-0.39, 0.29) is 6.04 Å². The zero-order valence-corrected chi connectivity index (χ0v) is 11.0. The summed E-state index contributed by atoms with van der Waals surface area (Å²) in [7, 11) is 0. The van der Waals surface area contributed by atoms with Crippen LogP contribution >= 0.6 is 0 Å². The number of hydrogen-bond donors (Lipinski definition) is 1. The van der Waals surface area contributed by atoms with Gasteiger partial charge in [-0.3, -0.25) is 4.68 Å². The maximum absolute atomic E-state index is 12.5. The van der Waals surface area contributed by atoms with Crippen molar-refractivity contribution >= 4 is 0 Å². The van der Waals surface area contributed by atoms with Crippen LogP contribution in [0, 0.1) is 0 Å². The van der Waals surface area contributed by atoms with Gasteiger partial charge in [-0.2, -0.15) is 18.3 Å².